The van der Waals surface area contributed by atoms with Crippen molar-refractivity contribution in [1.82, 2.24) is 15.0 Å². The lowest BCUT2D eigenvalue weighted by Crippen LogP contribution is -2.38. The Kier molecular flexibility index (Phi) is 5.26. The summed E-state index contributed by atoms with van der Waals surface area (Å²) in [6.45, 7) is 6.24. The molecule has 1 saturated heterocycles. The van der Waals surface area contributed by atoms with E-state index in [0.717, 1.165) is 32.5 Å². The molecule has 24 heavy (non-hydrogen) atoms. The number of aromatic nitrogens is 3. The molecule has 2 heterocycles. The lowest BCUT2D eigenvalue weighted by molar-refractivity contribution is 0.0457. The van der Waals surface area contributed by atoms with Crippen molar-refractivity contribution >= 4 is 17.5 Å². The van der Waals surface area contributed by atoms with Crippen molar-refractivity contribution in [2.45, 2.75) is 32.8 Å². The molecule has 0 unspecified atom stereocenters. The Morgan fingerprint density at radius 3 is 2.67 bits per heavy atom. The first-order valence-corrected chi connectivity index (χ1v) is 8.49. The van der Waals surface area contributed by atoms with Gasteiger partial charge in [0, 0.05) is 25.3 Å². The molecule has 1 fully saturated rings. The van der Waals surface area contributed by atoms with Gasteiger partial charge in [-0.2, -0.15) is 9.97 Å². The normalized spacial score (nSPS) is 15.8. The largest absolute Gasteiger partial charge is 0.378 e. The standard InChI is InChI=1S/C17H20ClFN4O/c1-3-24-13-6-8-23(9-7-13)17-21-11(2)20-16(22-17)12-4-5-14(18)15(19)10-12/h4-5,10,13H,3,6-9H2,1-2H3. The number of hydrogen-bond donors (Lipinski definition) is 0. The zero-order valence-electron chi connectivity index (χ0n) is 13.8. The number of hydrogen-bond acceptors (Lipinski definition) is 5. The first-order chi connectivity index (χ1) is 11.6. The monoisotopic (exact) mass is 350 g/mol. The number of halogens is 2. The second-order valence-corrected chi connectivity index (χ2v) is 6.18. The van der Waals surface area contributed by atoms with Crippen molar-refractivity contribution in [1.29, 1.82) is 0 Å². The molecule has 0 saturated carbocycles. The zero-order valence-corrected chi connectivity index (χ0v) is 14.6. The van der Waals surface area contributed by atoms with E-state index in [1.165, 1.54) is 12.1 Å². The molecule has 2 aromatic rings. The van der Waals surface area contributed by atoms with Gasteiger partial charge in [0.05, 0.1) is 11.1 Å². The molecule has 1 aromatic heterocycles. The molecule has 0 bridgehead atoms. The summed E-state index contributed by atoms with van der Waals surface area (Å²) < 4.78 is 19.4. The molecule has 0 spiro atoms. The van der Waals surface area contributed by atoms with Gasteiger partial charge < -0.3 is 9.64 Å². The fraction of sp³-hybridized carbons (Fsp3) is 0.471. The van der Waals surface area contributed by atoms with Crippen molar-refractivity contribution in [3.63, 3.8) is 0 Å². The molecule has 1 aliphatic rings. The molecule has 5 nitrogen and oxygen atoms in total. The van der Waals surface area contributed by atoms with E-state index in [0.29, 0.717) is 29.3 Å². The van der Waals surface area contributed by atoms with E-state index in [-0.39, 0.29) is 5.02 Å². The highest BCUT2D eigenvalue weighted by molar-refractivity contribution is 6.30. The van der Waals surface area contributed by atoms with Gasteiger partial charge in [0.15, 0.2) is 5.82 Å². The lowest BCUT2D eigenvalue weighted by atomic mass is 10.1. The van der Waals surface area contributed by atoms with Crippen LogP contribution in [0.2, 0.25) is 5.02 Å². The predicted molar refractivity (Wildman–Crippen MR) is 91.8 cm³/mol. The van der Waals surface area contributed by atoms with Crippen LogP contribution < -0.4 is 4.90 Å². The zero-order chi connectivity index (χ0) is 17.1. The lowest BCUT2D eigenvalue weighted by Gasteiger charge is -2.31. The van der Waals surface area contributed by atoms with Gasteiger partial charge in [-0.25, -0.2) is 9.37 Å². The van der Waals surface area contributed by atoms with Gasteiger partial charge in [0.1, 0.15) is 11.6 Å². The molecule has 0 aliphatic carbocycles. The summed E-state index contributed by atoms with van der Waals surface area (Å²) in [5.74, 6) is 1.21. The molecular formula is C17H20ClFN4O. The fourth-order valence-electron chi connectivity index (χ4n) is 2.83. The van der Waals surface area contributed by atoms with E-state index in [1.807, 2.05) is 13.8 Å². The van der Waals surface area contributed by atoms with Crippen LogP contribution in [0.4, 0.5) is 10.3 Å². The van der Waals surface area contributed by atoms with Crippen LogP contribution in [-0.2, 0) is 4.74 Å². The van der Waals surface area contributed by atoms with Crippen LogP contribution in [0.5, 0.6) is 0 Å². The summed E-state index contributed by atoms with van der Waals surface area (Å²) in [6.07, 6.45) is 2.20. The molecule has 3 rings (SSSR count). The Morgan fingerprint density at radius 2 is 2.00 bits per heavy atom. The Balaban J connectivity index is 1.83. The minimum Gasteiger partial charge on any atom is -0.378 e. The molecule has 1 aromatic carbocycles. The number of piperidine rings is 1. The molecule has 1 aliphatic heterocycles. The summed E-state index contributed by atoms with van der Waals surface area (Å²) in [7, 11) is 0. The highest BCUT2D eigenvalue weighted by Crippen LogP contribution is 2.24. The Morgan fingerprint density at radius 1 is 1.25 bits per heavy atom. The predicted octanol–water partition coefficient (Wildman–Crippen LogP) is 3.64. The van der Waals surface area contributed by atoms with Crippen molar-refractivity contribution in [2.24, 2.45) is 0 Å². The van der Waals surface area contributed by atoms with Gasteiger partial charge >= 0.3 is 0 Å². The molecule has 0 radical (unpaired) electrons. The third kappa shape index (κ3) is 3.82. The Hall–Kier alpha value is -1.79. The number of aryl methyl sites for hydroxylation is 1. The topological polar surface area (TPSA) is 51.1 Å². The van der Waals surface area contributed by atoms with E-state index in [2.05, 4.69) is 19.9 Å². The third-order valence-electron chi connectivity index (χ3n) is 4.04. The van der Waals surface area contributed by atoms with Gasteiger partial charge in [0.2, 0.25) is 5.95 Å². The molecule has 0 amide bonds. The first-order valence-electron chi connectivity index (χ1n) is 8.11. The van der Waals surface area contributed by atoms with E-state index >= 15 is 0 Å². The smallest absolute Gasteiger partial charge is 0.229 e. The molecule has 7 heteroatoms. The van der Waals surface area contributed by atoms with E-state index in [4.69, 9.17) is 16.3 Å². The van der Waals surface area contributed by atoms with E-state index in [1.54, 1.807) is 6.07 Å². The number of ether oxygens (including phenoxy) is 1. The highest BCUT2D eigenvalue weighted by atomic mass is 35.5. The first kappa shape index (κ1) is 17.0. The summed E-state index contributed by atoms with van der Waals surface area (Å²) in [5, 5.41) is 0.0859. The minimum absolute atomic E-state index is 0.0859. The van der Waals surface area contributed by atoms with Gasteiger partial charge in [-0.1, -0.05) is 11.6 Å². The summed E-state index contributed by atoms with van der Waals surface area (Å²) in [6, 6.07) is 4.58. The van der Waals surface area contributed by atoms with Gasteiger partial charge in [0.25, 0.3) is 0 Å². The average Bonchev–Trinajstić information content (AvgIpc) is 2.58. The maximum absolute atomic E-state index is 13.7. The van der Waals surface area contributed by atoms with Gasteiger partial charge in [-0.05, 0) is 44.9 Å². The fourth-order valence-corrected chi connectivity index (χ4v) is 2.95. The van der Waals surface area contributed by atoms with Crippen molar-refractivity contribution in [3.05, 3.63) is 34.9 Å². The number of benzene rings is 1. The quantitative estimate of drug-likeness (QED) is 0.842. The van der Waals surface area contributed by atoms with E-state index in [9.17, 15) is 4.39 Å². The summed E-state index contributed by atoms with van der Waals surface area (Å²) in [5.41, 5.74) is 0.591. The minimum atomic E-state index is -0.480. The number of rotatable bonds is 4. The van der Waals surface area contributed by atoms with Gasteiger partial charge in [-0.3, -0.25) is 0 Å². The maximum Gasteiger partial charge on any atom is 0.229 e. The average molecular weight is 351 g/mol. The summed E-state index contributed by atoms with van der Waals surface area (Å²) in [4.78, 5) is 15.4. The molecule has 0 N–H and O–H groups in total. The molecular weight excluding hydrogens is 331 g/mol. The highest BCUT2D eigenvalue weighted by Gasteiger charge is 2.22. The van der Waals surface area contributed by atoms with Crippen molar-refractivity contribution in [2.75, 3.05) is 24.6 Å². The third-order valence-corrected chi connectivity index (χ3v) is 4.35. The van der Waals surface area contributed by atoms with E-state index < -0.39 is 5.82 Å². The van der Waals surface area contributed by atoms with Crippen molar-refractivity contribution in [3.8, 4) is 11.4 Å². The second-order valence-electron chi connectivity index (χ2n) is 5.78. The van der Waals surface area contributed by atoms with Gasteiger partial charge in [-0.15, -0.1) is 0 Å². The maximum atomic E-state index is 13.7. The van der Waals surface area contributed by atoms with Crippen LogP contribution in [-0.4, -0.2) is 40.8 Å². The van der Waals surface area contributed by atoms with Crippen LogP contribution in [0.1, 0.15) is 25.6 Å². The second kappa shape index (κ2) is 7.40. The molecule has 128 valence electrons. The van der Waals surface area contributed by atoms with Crippen LogP contribution in [0.25, 0.3) is 11.4 Å². The Bertz CT molecular complexity index is 720. The van der Waals surface area contributed by atoms with Crippen LogP contribution >= 0.6 is 11.6 Å². The van der Waals surface area contributed by atoms with Crippen molar-refractivity contribution < 1.29 is 9.13 Å². The number of nitrogens with zero attached hydrogens (tertiary/aromatic N) is 4. The van der Waals surface area contributed by atoms with Crippen LogP contribution in [0.15, 0.2) is 18.2 Å². The SMILES string of the molecule is CCOC1CCN(c2nc(C)nc(-c3ccc(Cl)c(F)c3)n2)CC1. The molecule has 0 atom stereocenters. The Labute approximate surface area is 145 Å². The van der Waals surface area contributed by atoms with Crippen LogP contribution in [0.3, 0.4) is 0 Å². The summed E-state index contributed by atoms with van der Waals surface area (Å²) >= 11 is 5.74. The van der Waals surface area contributed by atoms with Crippen LogP contribution in [0, 0.1) is 12.7 Å². The number of anilines is 1.